The standard InChI is InChI=1S/C26H28N2O3/c1-28(24-8-3-4-9-25(24)31-2)21-12-13-22-18(6-5-7-19(22)16-21)10-11-20-17-27-15-14-23(20)26(29)30/h3-4,8-9,12-18H,5-7,10-11H2,1-2H3,(H,29,30)/t18-/m0/s1. The molecule has 0 saturated heterocycles. The number of para-hydroxylation sites is 2. The molecule has 1 aliphatic rings. The normalized spacial score (nSPS) is 15.2. The van der Waals surface area contributed by atoms with Crippen LogP contribution < -0.4 is 9.64 Å². The third kappa shape index (κ3) is 4.41. The van der Waals surface area contributed by atoms with Crippen molar-refractivity contribution in [3.8, 4) is 5.75 Å². The largest absolute Gasteiger partial charge is 0.495 e. The Morgan fingerprint density at radius 3 is 2.87 bits per heavy atom. The Labute approximate surface area is 183 Å². The van der Waals surface area contributed by atoms with Crippen molar-refractivity contribution >= 4 is 17.3 Å². The monoisotopic (exact) mass is 416 g/mol. The highest BCUT2D eigenvalue weighted by Crippen LogP contribution is 2.39. The molecule has 1 atom stereocenters. The molecule has 1 aromatic heterocycles. The first-order valence-electron chi connectivity index (χ1n) is 10.7. The van der Waals surface area contributed by atoms with Crippen LogP contribution in [0.1, 0.15) is 52.2 Å². The second kappa shape index (κ2) is 9.21. The predicted molar refractivity (Wildman–Crippen MR) is 123 cm³/mol. The maximum absolute atomic E-state index is 11.5. The summed E-state index contributed by atoms with van der Waals surface area (Å²) >= 11 is 0. The summed E-state index contributed by atoms with van der Waals surface area (Å²) in [6.45, 7) is 0. The fourth-order valence-corrected chi connectivity index (χ4v) is 4.62. The number of carboxylic acids is 1. The van der Waals surface area contributed by atoms with Gasteiger partial charge in [-0.3, -0.25) is 4.98 Å². The van der Waals surface area contributed by atoms with E-state index in [1.807, 2.05) is 18.2 Å². The van der Waals surface area contributed by atoms with E-state index in [1.54, 1.807) is 25.6 Å². The van der Waals surface area contributed by atoms with Gasteiger partial charge in [0.2, 0.25) is 0 Å². The number of carbonyl (C=O) groups is 1. The maximum atomic E-state index is 11.5. The van der Waals surface area contributed by atoms with Gasteiger partial charge in [-0.1, -0.05) is 18.2 Å². The van der Waals surface area contributed by atoms with Crippen LogP contribution in [0.2, 0.25) is 0 Å². The van der Waals surface area contributed by atoms with E-state index >= 15 is 0 Å². The Kier molecular flexibility index (Phi) is 6.21. The number of anilines is 2. The average molecular weight is 417 g/mol. The van der Waals surface area contributed by atoms with Gasteiger partial charge in [-0.15, -0.1) is 0 Å². The lowest BCUT2D eigenvalue weighted by Crippen LogP contribution is -2.15. The Balaban J connectivity index is 1.54. The minimum atomic E-state index is -0.884. The molecule has 4 rings (SSSR count). The zero-order valence-electron chi connectivity index (χ0n) is 18.0. The van der Waals surface area contributed by atoms with Gasteiger partial charge >= 0.3 is 5.97 Å². The van der Waals surface area contributed by atoms with E-state index in [4.69, 9.17) is 4.74 Å². The van der Waals surface area contributed by atoms with E-state index in [9.17, 15) is 9.90 Å². The molecule has 5 nitrogen and oxygen atoms in total. The minimum Gasteiger partial charge on any atom is -0.495 e. The quantitative estimate of drug-likeness (QED) is 0.542. The van der Waals surface area contributed by atoms with Gasteiger partial charge in [-0.05, 0) is 85.0 Å². The van der Waals surface area contributed by atoms with E-state index in [1.165, 1.54) is 11.1 Å². The summed E-state index contributed by atoms with van der Waals surface area (Å²) < 4.78 is 5.53. The van der Waals surface area contributed by atoms with Gasteiger partial charge in [0, 0.05) is 25.1 Å². The SMILES string of the molecule is COc1ccccc1N(C)c1ccc2c(c1)CCC[C@H]2CCc1cnccc1C(=O)O. The highest BCUT2D eigenvalue weighted by atomic mass is 16.5. The van der Waals surface area contributed by atoms with Gasteiger partial charge in [-0.2, -0.15) is 0 Å². The van der Waals surface area contributed by atoms with Gasteiger partial charge in [0.15, 0.2) is 0 Å². The summed E-state index contributed by atoms with van der Waals surface area (Å²) in [7, 11) is 3.76. The fourth-order valence-electron chi connectivity index (χ4n) is 4.62. The first-order chi connectivity index (χ1) is 15.1. The number of fused-ring (bicyclic) bond motifs is 1. The van der Waals surface area contributed by atoms with Crippen molar-refractivity contribution in [2.24, 2.45) is 0 Å². The van der Waals surface area contributed by atoms with Crippen LogP contribution in [0.4, 0.5) is 11.4 Å². The van der Waals surface area contributed by atoms with Crippen LogP contribution in [0.5, 0.6) is 5.75 Å². The number of methoxy groups -OCH3 is 1. The molecular weight excluding hydrogens is 388 g/mol. The molecule has 3 aromatic rings. The molecule has 0 aliphatic heterocycles. The van der Waals surface area contributed by atoms with Crippen LogP contribution in [-0.2, 0) is 12.8 Å². The smallest absolute Gasteiger partial charge is 0.336 e. The van der Waals surface area contributed by atoms with Crippen LogP contribution in [0.25, 0.3) is 0 Å². The number of aryl methyl sites for hydroxylation is 2. The maximum Gasteiger partial charge on any atom is 0.336 e. The van der Waals surface area contributed by atoms with Crippen molar-refractivity contribution in [2.45, 2.75) is 38.0 Å². The first kappa shape index (κ1) is 20.9. The zero-order chi connectivity index (χ0) is 21.8. The summed E-state index contributed by atoms with van der Waals surface area (Å²) in [5, 5.41) is 9.43. The van der Waals surface area contributed by atoms with Gasteiger partial charge in [-0.25, -0.2) is 4.79 Å². The first-order valence-corrected chi connectivity index (χ1v) is 10.7. The number of hydrogen-bond acceptors (Lipinski definition) is 4. The van der Waals surface area contributed by atoms with Crippen LogP contribution in [0, 0.1) is 0 Å². The molecule has 0 amide bonds. The predicted octanol–water partition coefficient (Wildman–Crippen LogP) is 5.61. The summed E-state index contributed by atoms with van der Waals surface area (Å²) in [6, 6.07) is 16.3. The molecule has 1 heterocycles. The summed E-state index contributed by atoms with van der Waals surface area (Å²) in [6.07, 6.45) is 8.26. The molecule has 160 valence electrons. The Hall–Kier alpha value is -3.34. The molecule has 0 spiro atoms. The van der Waals surface area contributed by atoms with Crippen LogP contribution >= 0.6 is 0 Å². The van der Waals surface area contributed by atoms with E-state index in [0.29, 0.717) is 11.5 Å². The number of rotatable bonds is 7. The molecule has 0 unspecified atom stereocenters. The van der Waals surface area contributed by atoms with Crippen LogP contribution in [-0.4, -0.2) is 30.2 Å². The van der Waals surface area contributed by atoms with Gasteiger partial charge in [0.1, 0.15) is 5.75 Å². The lowest BCUT2D eigenvalue weighted by Gasteiger charge is -2.28. The summed E-state index contributed by atoms with van der Waals surface area (Å²) in [5.41, 5.74) is 6.14. The van der Waals surface area contributed by atoms with Crippen molar-refractivity contribution in [3.05, 3.63) is 83.2 Å². The molecule has 5 heteroatoms. The Morgan fingerprint density at radius 2 is 2.06 bits per heavy atom. The van der Waals surface area contributed by atoms with Crippen LogP contribution in [0.3, 0.4) is 0 Å². The van der Waals surface area contributed by atoms with E-state index < -0.39 is 5.97 Å². The number of ether oxygens (including phenoxy) is 1. The molecular formula is C26H28N2O3. The molecule has 31 heavy (non-hydrogen) atoms. The Morgan fingerprint density at radius 1 is 1.23 bits per heavy atom. The second-order valence-electron chi connectivity index (χ2n) is 8.08. The summed E-state index contributed by atoms with van der Waals surface area (Å²) in [4.78, 5) is 17.8. The summed E-state index contributed by atoms with van der Waals surface area (Å²) in [5.74, 6) is 0.410. The van der Waals surface area contributed by atoms with Crippen LogP contribution in [0.15, 0.2) is 60.9 Å². The lowest BCUT2D eigenvalue weighted by molar-refractivity contribution is 0.0695. The van der Waals surface area contributed by atoms with Gasteiger partial charge < -0.3 is 14.7 Å². The van der Waals surface area contributed by atoms with Crippen molar-refractivity contribution < 1.29 is 14.6 Å². The minimum absolute atomic E-state index is 0.361. The number of aromatic carboxylic acids is 1. The molecule has 0 fully saturated rings. The highest BCUT2D eigenvalue weighted by molar-refractivity contribution is 5.89. The molecule has 0 radical (unpaired) electrons. The second-order valence-corrected chi connectivity index (χ2v) is 8.08. The fraction of sp³-hybridized carbons (Fsp3) is 0.308. The number of hydrogen-bond donors (Lipinski definition) is 1. The number of carboxylic acid groups (broad SMARTS) is 1. The van der Waals surface area contributed by atoms with Crippen molar-refractivity contribution in [1.82, 2.24) is 4.98 Å². The molecule has 1 aliphatic carbocycles. The molecule has 1 N–H and O–H groups in total. The number of pyridine rings is 1. The van der Waals surface area contributed by atoms with Gasteiger partial charge in [0.25, 0.3) is 0 Å². The zero-order valence-corrected chi connectivity index (χ0v) is 18.0. The van der Waals surface area contributed by atoms with Crippen molar-refractivity contribution in [1.29, 1.82) is 0 Å². The number of nitrogens with zero attached hydrogens (tertiary/aromatic N) is 2. The third-order valence-electron chi connectivity index (χ3n) is 6.30. The van der Waals surface area contributed by atoms with E-state index in [-0.39, 0.29) is 0 Å². The molecule has 2 aromatic carbocycles. The van der Waals surface area contributed by atoms with Gasteiger partial charge in [0.05, 0.1) is 18.4 Å². The number of benzene rings is 2. The average Bonchev–Trinajstić information content (AvgIpc) is 2.81. The number of aromatic nitrogens is 1. The van der Waals surface area contributed by atoms with Crippen molar-refractivity contribution in [3.63, 3.8) is 0 Å². The van der Waals surface area contributed by atoms with E-state index in [0.717, 1.165) is 54.8 Å². The molecule has 0 saturated carbocycles. The third-order valence-corrected chi connectivity index (χ3v) is 6.30. The van der Waals surface area contributed by atoms with Crippen molar-refractivity contribution in [2.75, 3.05) is 19.1 Å². The lowest BCUT2D eigenvalue weighted by atomic mass is 9.79. The van der Waals surface area contributed by atoms with E-state index in [2.05, 4.69) is 41.2 Å². The Bertz CT molecular complexity index is 1080. The topological polar surface area (TPSA) is 62.7 Å². The molecule has 0 bridgehead atoms. The highest BCUT2D eigenvalue weighted by Gasteiger charge is 2.22.